The molecule has 0 radical (unpaired) electrons. The summed E-state index contributed by atoms with van der Waals surface area (Å²) in [5.41, 5.74) is 6.86. The highest BCUT2D eigenvalue weighted by Crippen LogP contribution is 2.22. The molecular weight excluding hydrogens is 245 g/mol. The number of alkyl halides is 3. The Morgan fingerprint density at radius 3 is 2.61 bits per heavy atom. The number of benzene rings is 1. The van der Waals surface area contributed by atoms with E-state index in [4.69, 9.17) is 5.73 Å². The van der Waals surface area contributed by atoms with Gasteiger partial charge < -0.3 is 10.5 Å². The number of ether oxygens (including phenoxy) is 1. The molecule has 1 aromatic carbocycles. The Balaban J connectivity index is 2.22. The number of nitrogens with two attached hydrogens (primary N) is 1. The van der Waals surface area contributed by atoms with Crippen molar-refractivity contribution < 1.29 is 17.9 Å². The minimum absolute atomic E-state index is 0.169. The Hall–Kier alpha value is -1.82. The van der Waals surface area contributed by atoms with Crippen molar-refractivity contribution >= 4 is 10.9 Å². The van der Waals surface area contributed by atoms with E-state index in [1.165, 1.54) is 12.1 Å². The fourth-order valence-corrected chi connectivity index (χ4v) is 1.51. The molecule has 2 rings (SSSR count). The first-order valence-electron chi connectivity index (χ1n) is 5.27. The van der Waals surface area contributed by atoms with Gasteiger partial charge in [0.2, 0.25) is 0 Å². The summed E-state index contributed by atoms with van der Waals surface area (Å²) < 4.78 is 40.7. The van der Waals surface area contributed by atoms with E-state index in [-0.39, 0.29) is 5.75 Å². The van der Waals surface area contributed by atoms with Crippen LogP contribution in [0.4, 0.5) is 13.2 Å². The summed E-state index contributed by atoms with van der Waals surface area (Å²) in [7, 11) is 0. The Kier molecular flexibility index (Phi) is 3.38. The molecule has 2 aromatic rings. The van der Waals surface area contributed by atoms with Gasteiger partial charge in [-0.2, -0.15) is 13.2 Å². The van der Waals surface area contributed by atoms with Crippen LogP contribution in [-0.2, 0) is 6.54 Å². The Morgan fingerprint density at radius 1 is 1.17 bits per heavy atom. The number of nitrogens with zero attached hydrogens (tertiary/aromatic N) is 1. The number of fused-ring (bicyclic) bond motifs is 1. The summed E-state index contributed by atoms with van der Waals surface area (Å²) in [6, 6.07) is 8.08. The van der Waals surface area contributed by atoms with Crippen molar-refractivity contribution in [2.75, 3.05) is 6.61 Å². The molecule has 0 aliphatic heterocycles. The monoisotopic (exact) mass is 256 g/mol. The average Bonchev–Trinajstić information content (AvgIpc) is 2.34. The lowest BCUT2D eigenvalue weighted by Crippen LogP contribution is -2.19. The van der Waals surface area contributed by atoms with Gasteiger partial charge in [-0.25, -0.2) is 0 Å². The molecule has 0 aliphatic rings. The van der Waals surface area contributed by atoms with Crippen molar-refractivity contribution in [2.24, 2.45) is 5.73 Å². The van der Waals surface area contributed by atoms with E-state index in [1.54, 1.807) is 18.2 Å². The molecule has 96 valence electrons. The Labute approximate surface area is 101 Å². The standard InChI is InChI=1S/C12H11F3N2O/c13-12(14,15)7-18-10-3-4-11-8(5-10)1-2-9(6-16)17-11/h1-5H,6-7,16H2. The van der Waals surface area contributed by atoms with Gasteiger partial charge in [0.15, 0.2) is 6.61 Å². The van der Waals surface area contributed by atoms with Crippen molar-refractivity contribution in [3.8, 4) is 5.75 Å². The van der Waals surface area contributed by atoms with Crippen LogP contribution in [0.3, 0.4) is 0 Å². The zero-order chi connectivity index (χ0) is 13.2. The van der Waals surface area contributed by atoms with Gasteiger partial charge in [-0.05, 0) is 24.3 Å². The highest BCUT2D eigenvalue weighted by molar-refractivity contribution is 5.80. The number of pyridine rings is 1. The van der Waals surface area contributed by atoms with Crippen molar-refractivity contribution in [3.63, 3.8) is 0 Å². The van der Waals surface area contributed by atoms with Gasteiger partial charge in [-0.1, -0.05) is 6.07 Å². The van der Waals surface area contributed by atoms with E-state index in [9.17, 15) is 13.2 Å². The number of rotatable bonds is 3. The van der Waals surface area contributed by atoms with Crippen molar-refractivity contribution in [1.82, 2.24) is 4.98 Å². The van der Waals surface area contributed by atoms with Gasteiger partial charge >= 0.3 is 6.18 Å². The third-order valence-corrected chi connectivity index (χ3v) is 2.33. The van der Waals surface area contributed by atoms with Crippen molar-refractivity contribution in [1.29, 1.82) is 0 Å². The lowest BCUT2D eigenvalue weighted by molar-refractivity contribution is -0.153. The van der Waals surface area contributed by atoms with Crippen LogP contribution < -0.4 is 10.5 Å². The molecule has 0 saturated heterocycles. The molecule has 0 atom stereocenters. The minimum Gasteiger partial charge on any atom is -0.484 e. The van der Waals surface area contributed by atoms with E-state index in [2.05, 4.69) is 9.72 Å². The zero-order valence-electron chi connectivity index (χ0n) is 9.37. The van der Waals surface area contributed by atoms with Gasteiger partial charge in [0, 0.05) is 11.9 Å². The minimum atomic E-state index is -4.34. The predicted molar refractivity (Wildman–Crippen MR) is 61.2 cm³/mol. The summed E-state index contributed by atoms with van der Waals surface area (Å²) in [6.07, 6.45) is -4.34. The first kappa shape index (κ1) is 12.6. The quantitative estimate of drug-likeness (QED) is 0.918. The molecule has 18 heavy (non-hydrogen) atoms. The lowest BCUT2D eigenvalue weighted by atomic mass is 10.2. The van der Waals surface area contributed by atoms with Crippen LogP contribution in [0.25, 0.3) is 10.9 Å². The number of hydrogen-bond acceptors (Lipinski definition) is 3. The number of aromatic nitrogens is 1. The Bertz CT molecular complexity index is 555. The molecular formula is C12H11F3N2O. The van der Waals surface area contributed by atoms with Gasteiger partial charge in [-0.15, -0.1) is 0 Å². The fourth-order valence-electron chi connectivity index (χ4n) is 1.51. The molecule has 0 fully saturated rings. The van der Waals surface area contributed by atoms with Crippen LogP contribution >= 0.6 is 0 Å². The molecule has 1 heterocycles. The van der Waals surface area contributed by atoms with E-state index in [0.29, 0.717) is 17.4 Å². The molecule has 0 aliphatic carbocycles. The molecule has 6 heteroatoms. The molecule has 0 amide bonds. The van der Waals surface area contributed by atoms with Crippen LogP contribution in [0.15, 0.2) is 30.3 Å². The van der Waals surface area contributed by atoms with E-state index < -0.39 is 12.8 Å². The molecule has 3 nitrogen and oxygen atoms in total. The number of hydrogen-bond donors (Lipinski definition) is 1. The molecule has 0 spiro atoms. The summed E-state index contributed by atoms with van der Waals surface area (Å²) in [5, 5.41) is 0.715. The van der Waals surface area contributed by atoms with Gasteiger partial charge in [0.25, 0.3) is 0 Å². The summed E-state index contributed by atoms with van der Waals surface area (Å²) >= 11 is 0. The fraction of sp³-hybridized carbons (Fsp3) is 0.250. The number of halogens is 3. The van der Waals surface area contributed by atoms with Crippen LogP contribution in [0, 0.1) is 0 Å². The van der Waals surface area contributed by atoms with Gasteiger partial charge in [-0.3, -0.25) is 4.98 Å². The second-order valence-electron chi connectivity index (χ2n) is 3.77. The molecule has 0 saturated carbocycles. The van der Waals surface area contributed by atoms with Crippen LogP contribution in [0.2, 0.25) is 0 Å². The summed E-state index contributed by atoms with van der Waals surface area (Å²) in [4.78, 5) is 4.24. The average molecular weight is 256 g/mol. The topological polar surface area (TPSA) is 48.1 Å². The second-order valence-corrected chi connectivity index (χ2v) is 3.77. The van der Waals surface area contributed by atoms with Crippen LogP contribution in [-0.4, -0.2) is 17.8 Å². The SMILES string of the molecule is NCc1ccc2cc(OCC(F)(F)F)ccc2n1. The van der Waals surface area contributed by atoms with Gasteiger partial charge in [0.1, 0.15) is 5.75 Å². The molecule has 2 N–H and O–H groups in total. The first-order valence-corrected chi connectivity index (χ1v) is 5.27. The maximum atomic E-state index is 12.0. The molecule has 0 bridgehead atoms. The smallest absolute Gasteiger partial charge is 0.422 e. The Morgan fingerprint density at radius 2 is 1.94 bits per heavy atom. The normalized spacial score (nSPS) is 11.8. The zero-order valence-corrected chi connectivity index (χ0v) is 9.37. The van der Waals surface area contributed by atoms with Gasteiger partial charge in [0.05, 0.1) is 11.2 Å². The maximum absolute atomic E-state index is 12.0. The van der Waals surface area contributed by atoms with Crippen LogP contribution in [0.5, 0.6) is 5.75 Å². The van der Waals surface area contributed by atoms with E-state index >= 15 is 0 Å². The lowest BCUT2D eigenvalue weighted by Gasteiger charge is -2.09. The highest BCUT2D eigenvalue weighted by atomic mass is 19.4. The summed E-state index contributed by atoms with van der Waals surface area (Å²) in [5.74, 6) is 0.169. The van der Waals surface area contributed by atoms with Crippen molar-refractivity contribution in [2.45, 2.75) is 12.7 Å². The third-order valence-electron chi connectivity index (χ3n) is 2.33. The highest BCUT2D eigenvalue weighted by Gasteiger charge is 2.28. The van der Waals surface area contributed by atoms with Crippen molar-refractivity contribution in [3.05, 3.63) is 36.0 Å². The maximum Gasteiger partial charge on any atom is 0.422 e. The van der Waals surface area contributed by atoms with Crippen LogP contribution in [0.1, 0.15) is 5.69 Å². The summed E-state index contributed by atoms with van der Waals surface area (Å²) in [6.45, 7) is -0.977. The first-order chi connectivity index (χ1) is 8.48. The second kappa shape index (κ2) is 4.81. The van der Waals surface area contributed by atoms with E-state index in [0.717, 1.165) is 5.69 Å². The molecule has 0 unspecified atom stereocenters. The van der Waals surface area contributed by atoms with E-state index in [1.807, 2.05) is 0 Å². The molecule has 1 aromatic heterocycles. The largest absolute Gasteiger partial charge is 0.484 e. The predicted octanol–water partition coefficient (Wildman–Crippen LogP) is 2.63. The third kappa shape index (κ3) is 3.10.